The molecule has 2 amide bonds. The van der Waals surface area contributed by atoms with Gasteiger partial charge in [0.25, 0.3) is 11.1 Å². The Morgan fingerprint density at radius 2 is 1.83 bits per heavy atom. The van der Waals surface area contributed by atoms with Crippen molar-refractivity contribution in [1.82, 2.24) is 4.90 Å². The SMILES string of the molecule is COc1cc(C=C2SC(=O)N(Cc3ccc(Cl)cc3Cl)C2=O)cc(I)c1OCc1ccc(Br)cc1. The molecule has 4 rings (SSSR count). The van der Waals surface area contributed by atoms with Gasteiger partial charge in [-0.05, 0) is 93.5 Å². The van der Waals surface area contributed by atoms with Crippen LogP contribution in [0.3, 0.4) is 0 Å². The lowest BCUT2D eigenvalue weighted by molar-refractivity contribution is -0.123. The standard InChI is InChI=1S/C25H17BrCl2INO4S/c1-33-21-9-15(8-20(29)23(21)34-13-14-2-5-17(26)6-3-14)10-22-24(31)30(25(32)35-22)12-16-4-7-18(27)11-19(16)28/h2-11H,12-13H2,1H3. The van der Waals surface area contributed by atoms with Crippen molar-refractivity contribution in [3.8, 4) is 11.5 Å². The molecule has 0 N–H and O–H groups in total. The van der Waals surface area contributed by atoms with Crippen molar-refractivity contribution in [3.05, 3.63) is 94.3 Å². The largest absolute Gasteiger partial charge is 0.493 e. The van der Waals surface area contributed by atoms with Crippen molar-refractivity contribution in [1.29, 1.82) is 0 Å². The number of carbonyl (C=O) groups excluding carboxylic acids is 2. The van der Waals surface area contributed by atoms with Gasteiger partial charge in [0, 0.05) is 14.5 Å². The zero-order valence-corrected chi connectivity index (χ0v) is 24.3. The summed E-state index contributed by atoms with van der Waals surface area (Å²) in [4.78, 5) is 27.0. The Kier molecular flexibility index (Phi) is 8.70. The van der Waals surface area contributed by atoms with Gasteiger partial charge < -0.3 is 9.47 Å². The maximum atomic E-state index is 13.0. The number of methoxy groups -OCH3 is 1. The lowest BCUT2D eigenvalue weighted by Gasteiger charge is -2.14. The van der Waals surface area contributed by atoms with E-state index in [1.807, 2.05) is 30.3 Å². The third kappa shape index (κ3) is 6.35. The summed E-state index contributed by atoms with van der Waals surface area (Å²) < 4.78 is 13.4. The molecule has 0 radical (unpaired) electrons. The van der Waals surface area contributed by atoms with Gasteiger partial charge in [-0.25, -0.2) is 0 Å². The predicted molar refractivity (Wildman–Crippen MR) is 152 cm³/mol. The molecule has 0 spiro atoms. The van der Waals surface area contributed by atoms with Crippen LogP contribution < -0.4 is 9.47 Å². The van der Waals surface area contributed by atoms with E-state index in [0.717, 1.165) is 30.9 Å². The molecule has 0 saturated carbocycles. The Labute approximate surface area is 239 Å². The van der Waals surface area contributed by atoms with Crippen LogP contribution in [0.4, 0.5) is 4.79 Å². The van der Waals surface area contributed by atoms with Crippen molar-refractivity contribution in [2.24, 2.45) is 0 Å². The fourth-order valence-corrected chi connectivity index (χ4v) is 5.66. The van der Waals surface area contributed by atoms with Gasteiger partial charge in [-0.1, -0.05) is 57.3 Å². The first-order valence-electron chi connectivity index (χ1n) is 10.2. The predicted octanol–water partition coefficient (Wildman–Crippen LogP) is 8.18. The highest BCUT2D eigenvalue weighted by Crippen LogP contribution is 2.38. The number of hydrogen-bond donors (Lipinski definition) is 0. The van der Waals surface area contributed by atoms with Gasteiger partial charge in [0.05, 0.1) is 22.1 Å². The van der Waals surface area contributed by atoms with Gasteiger partial charge in [-0.3, -0.25) is 14.5 Å². The summed E-state index contributed by atoms with van der Waals surface area (Å²) >= 11 is 18.6. The number of carbonyl (C=O) groups is 2. The summed E-state index contributed by atoms with van der Waals surface area (Å²) in [5.74, 6) is 0.765. The second-order valence-corrected chi connectivity index (χ2v) is 11.4. The molecule has 1 fully saturated rings. The molecule has 0 aromatic heterocycles. The first kappa shape index (κ1) is 26.3. The second kappa shape index (κ2) is 11.6. The van der Waals surface area contributed by atoms with Gasteiger partial charge in [0.1, 0.15) is 6.61 Å². The molecule has 5 nitrogen and oxygen atoms in total. The van der Waals surface area contributed by atoms with Crippen molar-refractivity contribution in [2.75, 3.05) is 7.11 Å². The number of thioether (sulfide) groups is 1. The maximum Gasteiger partial charge on any atom is 0.293 e. The number of imide groups is 1. The maximum absolute atomic E-state index is 13.0. The number of halogens is 4. The van der Waals surface area contributed by atoms with E-state index in [9.17, 15) is 9.59 Å². The summed E-state index contributed by atoms with van der Waals surface area (Å²) in [5, 5.41) is 0.530. The number of ether oxygens (including phenoxy) is 2. The Morgan fingerprint density at radius 1 is 1.09 bits per heavy atom. The van der Waals surface area contributed by atoms with Crippen LogP contribution in [0, 0.1) is 3.57 Å². The molecule has 180 valence electrons. The molecule has 35 heavy (non-hydrogen) atoms. The fraction of sp³-hybridized carbons (Fsp3) is 0.120. The van der Waals surface area contributed by atoms with Gasteiger partial charge in [-0.2, -0.15) is 0 Å². The van der Waals surface area contributed by atoms with E-state index in [4.69, 9.17) is 32.7 Å². The Morgan fingerprint density at radius 3 is 2.51 bits per heavy atom. The van der Waals surface area contributed by atoms with E-state index in [1.54, 1.807) is 37.5 Å². The minimum absolute atomic E-state index is 0.0711. The molecule has 1 aliphatic heterocycles. The molecule has 3 aromatic rings. The minimum atomic E-state index is -0.379. The van der Waals surface area contributed by atoms with E-state index >= 15 is 0 Å². The monoisotopic (exact) mass is 703 g/mol. The van der Waals surface area contributed by atoms with E-state index in [2.05, 4.69) is 38.5 Å². The topological polar surface area (TPSA) is 55.8 Å². The fourth-order valence-electron chi connectivity index (χ4n) is 3.31. The molecule has 0 unspecified atom stereocenters. The van der Waals surface area contributed by atoms with Crippen LogP contribution in [-0.2, 0) is 17.9 Å². The van der Waals surface area contributed by atoms with Crippen molar-refractivity contribution in [3.63, 3.8) is 0 Å². The van der Waals surface area contributed by atoms with Gasteiger partial charge in [-0.15, -0.1) is 0 Å². The first-order valence-corrected chi connectivity index (χ1v) is 13.6. The van der Waals surface area contributed by atoms with Crippen LogP contribution in [0.25, 0.3) is 6.08 Å². The van der Waals surface area contributed by atoms with Crippen LogP contribution in [0.2, 0.25) is 10.0 Å². The number of rotatable bonds is 7. The molecule has 10 heteroatoms. The van der Waals surface area contributed by atoms with E-state index in [1.165, 1.54) is 4.90 Å². The summed E-state index contributed by atoms with van der Waals surface area (Å²) in [7, 11) is 1.56. The molecule has 3 aromatic carbocycles. The van der Waals surface area contributed by atoms with E-state index in [0.29, 0.717) is 38.6 Å². The van der Waals surface area contributed by atoms with Crippen LogP contribution in [0.5, 0.6) is 11.5 Å². The third-order valence-corrected chi connectivity index (χ3v) is 7.89. The zero-order valence-electron chi connectivity index (χ0n) is 18.2. The quantitative estimate of drug-likeness (QED) is 0.184. The molecular weight excluding hydrogens is 688 g/mol. The van der Waals surface area contributed by atoms with E-state index in [-0.39, 0.29) is 17.7 Å². The Bertz CT molecular complexity index is 1330. The summed E-state index contributed by atoms with van der Waals surface area (Å²) in [6.07, 6.45) is 1.68. The summed E-state index contributed by atoms with van der Waals surface area (Å²) in [6, 6.07) is 16.5. The van der Waals surface area contributed by atoms with Crippen molar-refractivity contribution < 1.29 is 19.1 Å². The lowest BCUT2D eigenvalue weighted by atomic mass is 10.1. The number of hydrogen-bond acceptors (Lipinski definition) is 5. The molecule has 0 aliphatic carbocycles. The Balaban J connectivity index is 1.53. The smallest absolute Gasteiger partial charge is 0.293 e. The highest BCUT2D eigenvalue weighted by molar-refractivity contribution is 14.1. The minimum Gasteiger partial charge on any atom is -0.493 e. The number of nitrogens with zero attached hydrogens (tertiary/aromatic N) is 1. The average Bonchev–Trinajstić information content (AvgIpc) is 3.08. The highest BCUT2D eigenvalue weighted by Gasteiger charge is 2.35. The first-order chi connectivity index (χ1) is 16.7. The van der Waals surface area contributed by atoms with Crippen molar-refractivity contribution >= 4 is 90.7 Å². The van der Waals surface area contributed by atoms with Crippen LogP contribution >= 0.6 is 73.5 Å². The van der Waals surface area contributed by atoms with E-state index < -0.39 is 0 Å². The average molecular weight is 705 g/mol. The molecule has 0 bridgehead atoms. The summed E-state index contributed by atoms with van der Waals surface area (Å²) in [6.45, 7) is 0.451. The lowest BCUT2D eigenvalue weighted by Crippen LogP contribution is -2.27. The number of amides is 2. The molecule has 1 saturated heterocycles. The molecule has 1 aliphatic rings. The Hall–Kier alpha value is -1.72. The van der Waals surface area contributed by atoms with Gasteiger partial charge in [0.2, 0.25) is 0 Å². The summed E-state index contributed by atoms with van der Waals surface area (Å²) in [5.41, 5.74) is 2.38. The second-order valence-electron chi connectivity index (χ2n) is 7.45. The number of benzene rings is 3. The van der Waals surface area contributed by atoms with Crippen LogP contribution in [0.15, 0.2) is 64.0 Å². The van der Waals surface area contributed by atoms with Crippen molar-refractivity contribution in [2.45, 2.75) is 13.2 Å². The normalized spacial score (nSPS) is 14.7. The van der Waals surface area contributed by atoms with Crippen LogP contribution in [0.1, 0.15) is 16.7 Å². The molecule has 0 atom stereocenters. The molecule has 1 heterocycles. The molecular formula is C25H17BrCl2INO4S. The van der Waals surface area contributed by atoms with Crippen LogP contribution in [-0.4, -0.2) is 23.2 Å². The van der Waals surface area contributed by atoms with Gasteiger partial charge in [0.15, 0.2) is 11.5 Å². The highest BCUT2D eigenvalue weighted by atomic mass is 127. The van der Waals surface area contributed by atoms with Gasteiger partial charge >= 0.3 is 0 Å². The zero-order chi connectivity index (χ0) is 25.1. The third-order valence-electron chi connectivity index (χ3n) is 5.06.